The second-order valence-electron chi connectivity index (χ2n) is 7.10. The van der Waals surface area contributed by atoms with E-state index in [-0.39, 0.29) is 5.91 Å². The highest BCUT2D eigenvalue weighted by Gasteiger charge is 2.28. The molecule has 6 heteroatoms. The predicted octanol–water partition coefficient (Wildman–Crippen LogP) is 3.70. The number of rotatable bonds is 2. The van der Waals surface area contributed by atoms with Crippen molar-refractivity contribution in [2.24, 2.45) is 4.99 Å². The van der Waals surface area contributed by atoms with E-state index in [9.17, 15) is 4.79 Å². The number of hydrogen-bond acceptors (Lipinski definition) is 5. The zero-order valence-corrected chi connectivity index (χ0v) is 15.1. The maximum absolute atomic E-state index is 12.6. The molecule has 1 aliphatic carbocycles. The number of guanidine groups is 1. The maximum atomic E-state index is 12.6. The van der Waals surface area contributed by atoms with E-state index in [4.69, 9.17) is 4.42 Å². The normalized spacial score (nSPS) is 21.1. The Morgan fingerprint density at radius 3 is 2.77 bits per heavy atom. The van der Waals surface area contributed by atoms with Crippen molar-refractivity contribution in [1.29, 1.82) is 0 Å². The second-order valence-corrected chi connectivity index (χ2v) is 7.10. The maximum Gasteiger partial charge on any atom is 0.279 e. The molecule has 6 nitrogen and oxygen atoms in total. The number of fused-ring (bicyclic) bond motifs is 1. The van der Waals surface area contributed by atoms with Crippen LogP contribution >= 0.6 is 0 Å². The molecule has 0 spiro atoms. The van der Waals surface area contributed by atoms with E-state index < -0.39 is 0 Å². The summed E-state index contributed by atoms with van der Waals surface area (Å²) in [5.74, 6) is 0.573. The lowest BCUT2D eigenvalue weighted by Gasteiger charge is -2.23. The van der Waals surface area contributed by atoms with Crippen molar-refractivity contribution in [1.82, 2.24) is 15.2 Å². The number of amides is 1. The zero-order valence-electron chi connectivity index (χ0n) is 15.1. The Morgan fingerprint density at radius 1 is 1.19 bits per heavy atom. The van der Waals surface area contributed by atoms with E-state index in [0.29, 0.717) is 23.3 Å². The molecule has 1 amide bonds. The fraction of sp³-hybridized carbons (Fsp3) is 0.450. The summed E-state index contributed by atoms with van der Waals surface area (Å²) in [4.78, 5) is 22.8. The number of likely N-dealkylation sites (N-methyl/N-ethyl adjacent to an activating group) is 1. The van der Waals surface area contributed by atoms with Gasteiger partial charge in [-0.2, -0.15) is 0 Å². The van der Waals surface area contributed by atoms with E-state index in [1.165, 1.54) is 38.5 Å². The van der Waals surface area contributed by atoms with Crippen LogP contribution in [0.15, 0.2) is 39.7 Å². The van der Waals surface area contributed by atoms with Crippen molar-refractivity contribution >= 4 is 29.0 Å². The fourth-order valence-corrected chi connectivity index (χ4v) is 3.63. The van der Waals surface area contributed by atoms with Crippen LogP contribution in [-0.4, -0.2) is 34.8 Å². The molecule has 26 heavy (non-hydrogen) atoms. The first-order valence-corrected chi connectivity index (χ1v) is 9.39. The van der Waals surface area contributed by atoms with Gasteiger partial charge in [0.25, 0.3) is 5.91 Å². The number of nitrogens with zero attached hydrogens (tertiary/aromatic N) is 3. The lowest BCUT2D eigenvalue weighted by molar-refractivity contribution is -0.121. The van der Waals surface area contributed by atoms with Gasteiger partial charge in [0.2, 0.25) is 5.96 Å². The number of carbonyl (C=O) groups is 1. The summed E-state index contributed by atoms with van der Waals surface area (Å²) in [6.07, 6.45) is 11.9. The molecule has 2 aliphatic rings. The molecule has 1 N–H and O–H groups in total. The molecule has 2 aromatic rings. The number of aromatic nitrogens is 1. The highest BCUT2D eigenvalue weighted by molar-refractivity contribution is 6.13. The van der Waals surface area contributed by atoms with E-state index >= 15 is 0 Å². The van der Waals surface area contributed by atoms with Gasteiger partial charge < -0.3 is 9.73 Å². The Hall–Kier alpha value is -2.63. The van der Waals surface area contributed by atoms with Crippen LogP contribution in [0.5, 0.6) is 0 Å². The molecule has 1 aromatic carbocycles. The van der Waals surface area contributed by atoms with Gasteiger partial charge in [0.05, 0.1) is 0 Å². The van der Waals surface area contributed by atoms with Crippen LogP contribution in [0.3, 0.4) is 0 Å². The van der Waals surface area contributed by atoms with Gasteiger partial charge in [-0.25, -0.2) is 9.98 Å². The fourth-order valence-electron chi connectivity index (χ4n) is 3.63. The third-order valence-corrected chi connectivity index (χ3v) is 5.16. The summed E-state index contributed by atoms with van der Waals surface area (Å²) in [5.41, 5.74) is 2.83. The Morgan fingerprint density at radius 2 is 1.96 bits per heavy atom. The molecule has 0 unspecified atom stereocenters. The van der Waals surface area contributed by atoms with Crippen molar-refractivity contribution in [3.05, 3.63) is 35.9 Å². The lowest BCUT2D eigenvalue weighted by Crippen LogP contribution is -2.43. The summed E-state index contributed by atoms with van der Waals surface area (Å²) < 4.78 is 5.33. The smallest absolute Gasteiger partial charge is 0.279 e. The number of oxazole rings is 1. The van der Waals surface area contributed by atoms with Crippen LogP contribution in [0.2, 0.25) is 0 Å². The third kappa shape index (κ3) is 3.49. The van der Waals surface area contributed by atoms with Gasteiger partial charge in [-0.1, -0.05) is 38.2 Å². The van der Waals surface area contributed by atoms with Gasteiger partial charge >= 0.3 is 0 Å². The van der Waals surface area contributed by atoms with Crippen LogP contribution < -0.4 is 5.32 Å². The van der Waals surface area contributed by atoms with Crippen LogP contribution in [0.1, 0.15) is 50.5 Å². The second kappa shape index (κ2) is 7.32. The molecule has 2 heterocycles. The van der Waals surface area contributed by atoms with Crippen LogP contribution in [0.25, 0.3) is 17.2 Å². The molecule has 1 fully saturated rings. The van der Waals surface area contributed by atoms with Crippen molar-refractivity contribution in [3.63, 3.8) is 0 Å². The van der Waals surface area contributed by atoms with Gasteiger partial charge in [-0.05, 0) is 36.6 Å². The lowest BCUT2D eigenvalue weighted by atomic mass is 9.97. The minimum absolute atomic E-state index is 0.0870. The van der Waals surface area contributed by atoms with Crippen molar-refractivity contribution < 1.29 is 9.21 Å². The average Bonchev–Trinajstić information content (AvgIpc) is 3.17. The Balaban J connectivity index is 1.53. The highest BCUT2D eigenvalue weighted by atomic mass is 16.3. The first-order valence-electron chi connectivity index (χ1n) is 9.39. The Labute approximate surface area is 153 Å². The molecule has 0 saturated heterocycles. The average molecular weight is 352 g/mol. The van der Waals surface area contributed by atoms with E-state index in [0.717, 1.165) is 23.9 Å². The largest absolute Gasteiger partial charge is 0.443 e. The number of aliphatic imine (C=N–C) groups is 1. The molecule has 0 atom stereocenters. The van der Waals surface area contributed by atoms with Crippen LogP contribution in [0.4, 0.5) is 0 Å². The number of nitrogens with one attached hydrogen (secondary N) is 1. The monoisotopic (exact) mass is 352 g/mol. The first kappa shape index (κ1) is 16.8. The highest BCUT2D eigenvalue weighted by Crippen LogP contribution is 2.22. The molecule has 0 bridgehead atoms. The van der Waals surface area contributed by atoms with E-state index in [1.54, 1.807) is 18.0 Å². The molecule has 0 radical (unpaired) electrons. The zero-order chi connectivity index (χ0) is 17.9. The summed E-state index contributed by atoms with van der Waals surface area (Å²) in [6.45, 7) is 0. The predicted molar refractivity (Wildman–Crippen MR) is 101 cm³/mol. The van der Waals surface area contributed by atoms with Gasteiger partial charge in [-0.3, -0.25) is 9.69 Å². The van der Waals surface area contributed by atoms with Gasteiger partial charge in [-0.15, -0.1) is 0 Å². The standard InChI is InChI=1S/C20H24N4O2/c1-24-19(25)17(11-14-9-10-16-18(12-14)26-13-21-16)23-20(24)22-15-7-5-3-2-4-6-8-15/h9-13,15H,2-8H2,1H3,(H,22,23)/b17-11-. The minimum atomic E-state index is -0.0870. The van der Waals surface area contributed by atoms with Crippen molar-refractivity contribution in [3.8, 4) is 0 Å². The third-order valence-electron chi connectivity index (χ3n) is 5.16. The van der Waals surface area contributed by atoms with Gasteiger partial charge in [0.15, 0.2) is 12.0 Å². The topological polar surface area (TPSA) is 70.7 Å². The quantitative estimate of drug-likeness (QED) is 0.837. The van der Waals surface area contributed by atoms with Gasteiger partial charge in [0, 0.05) is 13.1 Å². The number of benzene rings is 1. The first-order chi connectivity index (χ1) is 12.7. The summed E-state index contributed by atoms with van der Waals surface area (Å²) >= 11 is 0. The van der Waals surface area contributed by atoms with Crippen molar-refractivity contribution in [2.75, 3.05) is 7.05 Å². The molecule has 1 aromatic heterocycles. The van der Waals surface area contributed by atoms with Crippen molar-refractivity contribution in [2.45, 2.75) is 51.0 Å². The Kier molecular flexibility index (Phi) is 4.73. The summed E-state index contributed by atoms with van der Waals surface area (Å²) in [5, 5.41) is 3.49. The molecule has 4 rings (SSSR count). The van der Waals surface area contributed by atoms with E-state index in [2.05, 4.69) is 15.3 Å². The van der Waals surface area contributed by atoms with Crippen LogP contribution in [0, 0.1) is 0 Å². The summed E-state index contributed by atoms with van der Waals surface area (Å²) in [7, 11) is 1.78. The SMILES string of the molecule is CN1C(=O)/C(=C/c2ccc3ncoc3c2)N=C1NC1CCCCCCC1. The molecular weight excluding hydrogens is 328 g/mol. The molecule has 1 saturated carbocycles. The van der Waals surface area contributed by atoms with Crippen LogP contribution in [-0.2, 0) is 4.79 Å². The number of hydrogen-bond donors (Lipinski definition) is 1. The Bertz CT molecular complexity index is 860. The number of carbonyl (C=O) groups excluding carboxylic acids is 1. The van der Waals surface area contributed by atoms with E-state index in [1.807, 2.05) is 18.2 Å². The molecule has 1 aliphatic heterocycles. The van der Waals surface area contributed by atoms with Gasteiger partial charge in [0.1, 0.15) is 11.2 Å². The molecule has 136 valence electrons. The summed E-state index contributed by atoms with van der Waals surface area (Å²) in [6, 6.07) is 6.07. The minimum Gasteiger partial charge on any atom is -0.443 e. The molecular formula is C20H24N4O2.